The number of rotatable bonds is 4. The van der Waals surface area contributed by atoms with Gasteiger partial charge in [0.1, 0.15) is 5.69 Å². The number of pyridine rings is 1. The second-order valence-electron chi connectivity index (χ2n) is 4.39. The molecule has 0 bridgehead atoms. The number of aromatic amines is 1. The molecule has 0 aliphatic heterocycles. The fraction of sp³-hybridized carbons (Fsp3) is 0.154. The van der Waals surface area contributed by atoms with Gasteiger partial charge in [0.25, 0.3) is 5.91 Å². The van der Waals surface area contributed by atoms with E-state index in [1.807, 2.05) is 6.92 Å². The van der Waals surface area contributed by atoms with Crippen LogP contribution in [0.3, 0.4) is 0 Å². The third-order valence-electron chi connectivity index (χ3n) is 2.75. The maximum Gasteiger partial charge on any atom is 0.271 e. The molecule has 0 atom stereocenters. The largest absolute Gasteiger partial charge is 0.342 e. The number of hydrogen-bond acceptors (Lipinski definition) is 7. The maximum atomic E-state index is 11.9. The van der Waals surface area contributed by atoms with Crippen LogP contribution in [0.25, 0.3) is 11.4 Å². The lowest BCUT2D eigenvalue weighted by Gasteiger charge is -1.97. The van der Waals surface area contributed by atoms with Crippen LogP contribution in [0.15, 0.2) is 33.0 Å². The predicted molar refractivity (Wildman–Crippen MR) is 78.4 cm³/mol. The number of hydrogen-bond donors (Lipinski definition) is 2. The van der Waals surface area contributed by atoms with Crippen molar-refractivity contribution in [2.45, 2.75) is 13.5 Å². The van der Waals surface area contributed by atoms with Crippen LogP contribution < -0.4 is 10.9 Å². The number of aromatic nitrogens is 4. The van der Waals surface area contributed by atoms with Crippen molar-refractivity contribution in [3.05, 3.63) is 50.7 Å². The summed E-state index contributed by atoms with van der Waals surface area (Å²) in [5, 5.41) is 8.92. The van der Waals surface area contributed by atoms with Crippen molar-refractivity contribution < 1.29 is 9.32 Å². The van der Waals surface area contributed by atoms with Crippen molar-refractivity contribution in [2.75, 3.05) is 0 Å². The van der Waals surface area contributed by atoms with Gasteiger partial charge >= 0.3 is 0 Å². The van der Waals surface area contributed by atoms with Gasteiger partial charge in [-0.15, -0.1) is 11.3 Å². The molecule has 0 aliphatic carbocycles. The smallest absolute Gasteiger partial charge is 0.271 e. The molecule has 0 saturated heterocycles. The predicted octanol–water partition coefficient (Wildman–Crippen LogP) is 1.12. The van der Waals surface area contributed by atoms with E-state index in [9.17, 15) is 9.59 Å². The molecule has 0 aliphatic rings. The van der Waals surface area contributed by atoms with Crippen molar-refractivity contribution in [1.82, 2.24) is 25.4 Å². The number of carbonyl (C=O) groups excluding carboxylic acids is 1. The van der Waals surface area contributed by atoms with Gasteiger partial charge in [0.15, 0.2) is 0 Å². The van der Waals surface area contributed by atoms with E-state index in [1.165, 1.54) is 23.6 Å². The maximum absolute atomic E-state index is 11.9. The third kappa shape index (κ3) is 3.09. The molecule has 0 aromatic carbocycles. The highest BCUT2D eigenvalue weighted by atomic mass is 32.1. The standard InChI is InChI=1S/C13H11N5O3S/c1-7-16-9(6-22-7)13(20)15-5-11-17-12(18-21-11)8-2-3-14-10(19)4-8/h2-4,6H,5H2,1H3,(H,14,19)(H,15,20). The summed E-state index contributed by atoms with van der Waals surface area (Å²) in [6.07, 6.45) is 1.50. The molecular weight excluding hydrogens is 306 g/mol. The van der Waals surface area contributed by atoms with E-state index in [0.717, 1.165) is 5.01 Å². The fourth-order valence-electron chi connectivity index (χ4n) is 1.74. The summed E-state index contributed by atoms with van der Waals surface area (Å²) in [7, 11) is 0. The number of nitrogens with one attached hydrogen (secondary N) is 2. The van der Waals surface area contributed by atoms with Crippen LogP contribution in [0.4, 0.5) is 0 Å². The van der Waals surface area contributed by atoms with Crippen LogP contribution in [0, 0.1) is 6.92 Å². The highest BCUT2D eigenvalue weighted by molar-refractivity contribution is 7.09. The first kappa shape index (κ1) is 14.1. The summed E-state index contributed by atoms with van der Waals surface area (Å²) in [6.45, 7) is 1.92. The van der Waals surface area contributed by atoms with Gasteiger partial charge in [0, 0.05) is 23.2 Å². The molecular formula is C13H11N5O3S. The molecule has 3 aromatic heterocycles. The van der Waals surface area contributed by atoms with Crippen LogP contribution in [-0.2, 0) is 6.54 Å². The third-order valence-corrected chi connectivity index (χ3v) is 3.53. The van der Waals surface area contributed by atoms with Crippen molar-refractivity contribution >= 4 is 17.2 Å². The molecule has 0 radical (unpaired) electrons. The molecule has 22 heavy (non-hydrogen) atoms. The number of carbonyl (C=O) groups is 1. The van der Waals surface area contributed by atoms with Gasteiger partial charge in [0.05, 0.1) is 11.6 Å². The zero-order valence-electron chi connectivity index (χ0n) is 11.5. The summed E-state index contributed by atoms with van der Waals surface area (Å²) in [5.74, 6) is 0.232. The summed E-state index contributed by atoms with van der Waals surface area (Å²) >= 11 is 1.40. The van der Waals surface area contributed by atoms with Crippen molar-refractivity contribution in [1.29, 1.82) is 0 Å². The van der Waals surface area contributed by atoms with Crippen LogP contribution in [0.1, 0.15) is 21.4 Å². The minimum Gasteiger partial charge on any atom is -0.342 e. The minimum absolute atomic E-state index is 0.0889. The topological polar surface area (TPSA) is 114 Å². The lowest BCUT2D eigenvalue weighted by molar-refractivity contribution is 0.0942. The van der Waals surface area contributed by atoms with Gasteiger partial charge in [-0.25, -0.2) is 4.98 Å². The highest BCUT2D eigenvalue weighted by Crippen LogP contribution is 2.13. The van der Waals surface area contributed by atoms with Crippen molar-refractivity contribution in [3.63, 3.8) is 0 Å². The van der Waals surface area contributed by atoms with Gasteiger partial charge in [-0.05, 0) is 13.0 Å². The molecule has 3 heterocycles. The van der Waals surface area contributed by atoms with E-state index >= 15 is 0 Å². The molecule has 0 saturated carbocycles. The normalized spacial score (nSPS) is 10.6. The second kappa shape index (κ2) is 5.90. The quantitative estimate of drug-likeness (QED) is 0.745. The van der Waals surface area contributed by atoms with Crippen LogP contribution in [-0.4, -0.2) is 26.0 Å². The Morgan fingerprint density at radius 1 is 1.45 bits per heavy atom. The Morgan fingerprint density at radius 2 is 2.32 bits per heavy atom. The van der Waals surface area contributed by atoms with E-state index in [2.05, 4.69) is 25.4 Å². The van der Waals surface area contributed by atoms with E-state index in [-0.39, 0.29) is 23.9 Å². The first-order chi connectivity index (χ1) is 10.6. The Morgan fingerprint density at radius 3 is 3.05 bits per heavy atom. The average molecular weight is 317 g/mol. The zero-order valence-corrected chi connectivity index (χ0v) is 12.3. The first-order valence-corrected chi connectivity index (χ1v) is 7.22. The molecule has 112 valence electrons. The number of nitrogens with zero attached hydrogens (tertiary/aromatic N) is 3. The van der Waals surface area contributed by atoms with E-state index in [0.29, 0.717) is 17.1 Å². The SMILES string of the molecule is Cc1nc(C(=O)NCc2nc(-c3cc[nH]c(=O)c3)no2)cs1. The zero-order chi connectivity index (χ0) is 15.5. The number of aryl methyl sites for hydroxylation is 1. The summed E-state index contributed by atoms with van der Waals surface area (Å²) in [6, 6.07) is 3.03. The lowest BCUT2D eigenvalue weighted by atomic mass is 10.2. The number of thiazole rings is 1. The molecule has 3 aromatic rings. The Balaban J connectivity index is 1.67. The lowest BCUT2D eigenvalue weighted by Crippen LogP contribution is -2.23. The Bertz CT molecular complexity index is 866. The van der Waals surface area contributed by atoms with E-state index < -0.39 is 0 Å². The van der Waals surface area contributed by atoms with Crippen LogP contribution >= 0.6 is 11.3 Å². The van der Waals surface area contributed by atoms with E-state index in [1.54, 1.807) is 11.4 Å². The van der Waals surface area contributed by atoms with Gasteiger partial charge in [-0.3, -0.25) is 9.59 Å². The number of amides is 1. The minimum atomic E-state index is -0.305. The Hall–Kier alpha value is -2.81. The fourth-order valence-corrected chi connectivity index (χ4v) is 2.33. The van der Waals surface area contributed by atoms with E-state index in [4.69, 9.17) is 4.52 Å². The molecule has 9 heteroatoms. The van der Waals surface area contributed by atoms with Crippen molar-refractivity contribution in [3.8, 4) is 11.4 Å². The van der Waals surface area contributed by atoms with Gasteiger partial charge in [-0.2, -0.15) is 4.98 Å². The van der Waals surface area contributed by atoms with Crippen LogP contribution in [0.5, 0.6) is 0 Å². The Labute approximate surface area is 128 Å². The molecule has 0 fully saturated rings. The molecule has 0 unspecified atom stereocenters. The average Bonchev–Trinajstić information content (AvgIpc) is 3.14. The first-order valence-electron chi connectivity index (χ1n) is 6.34. The second-order valence-corrected chi connectivity index (χ2v) is 5.45. The molecule has 1 amide bonds. The van der Waals surface area contributed by atoms with Gasteiger partial charge < -0.3 is 14.8 Å². The van der Waals surface area contributed by atoms with Gasteiger partial charge in [0.2, 0.25) is 17.3 Å². The molecule has 3 rings (SSSR count). The Kier molecular flexibility index (Phi) is 3.79. The highest BCUT2D eigenvalue weighted by Gasteiger charge is 2.12. The monoisotopic (exact) mass is 317 g/mol. The summed E-state index contributed by atoms with van der Waals surface area (Å²) in [5.41, 5.74) is 0.646. The molecule has 2 N–H and O–H groups in total. The molecule has 8 nitrogen and oxygen atoms in total. The summed E-state index contributed by atoms with van der Waals surface area (Å²) < 4.78 is 5.04. The van der Waals surface area contributed by atoms with Crippen LogP contribution in [0.2, 0.25) is 0 Å². The van der Waals surface area contributed by atoms with Gasteiger partial charge in [-0.1, -0.05) is 5.16 Å². The number of H-pyrrole nitrogens is 1. The summed E-state index contributed by atoms with van der Waals surface area (Å²) in [4.78, 5) is 33.8. The van der Waals surface area contributed by atoms with Crippen molar-refractivity contribution in [2.24, 2.45) is 0 Å². The molecule has 0 spiro atoms.